The SMILES string of the molecule is COC(C)CNC(=O)COc1ccc(C#N)cc1. The summed E-state index contributed by atoms with van der Waals surface area (Å²) in [6.45, 7) is 2.26. The van der Waals surface area contributed by atoms with E-state index in [2.05, 4.69) is 5.32 Å². The van der Waals surface area contributed by atoms with E-state index >= 15 is 0 Å². The molecule has 0 aliphatic carbocycles. The second-order valence-electron chi connectivity index (χ2n) is 3.78. The second-order valence-corrected chi connectivity index (χ2v) is 3.78. The van der Waals surface area contributed by atoms with Gasteiger partial charge in [0.25, 0.3) is 5.91 Å². The van der Waals surface area contributed by atoms with E-state index in [-0.39, 0.29) is 18.6 Å². The van der Waals surface area contributed by atoms with Gasteiger partial charge in [-0.2, -0.15) is 5.26 Å². The first-order valence-electron chi connectivity index (χ1n) is 5.58. The molecule has 0 spiro atoms. The van der Waals surface area contributed by atoms with Gasteiger partial charge in [0.2, 0.25) is 0 Å². The maximum atomic E-state index is 11.4. The van der Waals surface area contributed by atoms with Crippen molar-refractivity contribution in [1.82, 2.24) is 5.32 Å². The Hall–Kier alpha value is -2.06. The van der Waals surface area contributed by atoms with Crippen LogP contribution >= 0.6 is 0 Å². The Balaban J connectivity index is 2.31. The van der Waals surface area contributed by atoms with Crippen LogP contribution in [0.1, 0.15) is 12.5 Å². The van der Waals surface area contributed by atoms with Gasteiger partial charge in [0.15, 0.2) is 6.61 Å². The van der Waals surface area contributed by atoms with Crippen LogP contribution in [0.4, 0.5) is 0 Å². The molecule has 96 valence electrons. The summed E-state index contributed by atoms with van der Waals surface area (Å²) in [6, 6.07) is 8.60. The van der Waals surface area contributed by atoms with Crippen molar-refractivity contribution in [2.24, 2.45) is 0 Å². The van der Waals surface area contributed by atoms with Gasteiger partial charge in [0, 0.05) is 13.7 Å². The lowest BCUT2D eigenvalue weighted by molar-refractivity contribution is -0.123. The van der Waals surface area contributed by atoms with E-state index in [0.717, 1.165) is 0 Å². The summed E-state index contributed by atoms with van der Waals surface area (Å²) in [7, 11) is 1.59. The Labute approximate surface area is 106 Å². The Morgan fingerprint density at radius 2 is 2.11 bits per heavy atom. The van der Waals surface area contributed by atoms with E-state index in [1.54, 1.807) is 31.4 Å². The lowest BCUT2D eigenvalue weighted by atomic mass is 10.2. The Morgan fingerprint density at radius 3 is 2.67 bits per heavy atom. The van der Waals surface area contributed by atoms with Crippen molar-refractivity contribution < 1.29 is 14.3 Å². The van der Waals surface area contributed by atoms with Crippen LogP contribution in [-0.4, -0.2) is 32.3 Å². The van der Waals surface area contributed by atoms with Gasteiger partial charge >= 0.3 is 0 Å². The third kappa shape index (κ3) is 4.85. The van der Waals surface area contributed by atoms with Crippen LogP contribution in [-0.2, 0) is 9.53 Å². The highest BCUT2D eigenvalue weighted by Crippen LogP contribution is 2.11. The maximum absolute atomic E-state index is 11.4. The molecule has 18 heavy (non-hydrogen) atoms. The zero-order chi connectivity index (χ0) is 13.4. The third-order valence-electron chi connectivity index (χ3n) is 2.34. The number of ether oxygens (including phenoxy) is 2. The van der Waals surface area contributed by atoms with E-state index in [0.29, 0.717) is 17.9 Å². The second kappa shape index (κ2) is 7.30. The van der Waals surface area contributed by atoms with Gasteiger partial charge in [0.05, 0.1) is 17.7 Å². The zero-order valence-electron chi connectivity index (χ0n) is 10.5. The van der Waals surface area contributed by atoms with Gasteiger partial charge in [-0.3, -0.25) is 4.79 Å². The first kappa shape index (κ1) is 14.0. The van der Waals surface area contributed by atoms with Gasteiger partial charge in [-0.15, -0.1) is 0 Å². The maximum Gasteiger partial charge on any atom is 0.258 e. The molecule has 0 aliphatic rings. The highest BCUT2D eigenvalue weighted by molar-refractivity contribution is 5.77. The minimum atomic E-state index is -0.205. The van der Waals surface area contributed by atoms with E-state index < -0.39 is 0 Å². The molecule has 0 bridgehead atoms. The van der Waals surface area contributed by atoms with Gasteiger partial charge in [0.1, 0.15) is 5.75 Å². The van der Waals surface area contributed by atoms with Crippen molar-refractivity contribution in [2.45, 2.75) is 13.0 Å². The quantitative estimate of drug-likeness (QED) is 0.818. The lowest BCUT2D eigenvalue weighted by Crippen LogP contribution is -2.34. The number of rotatable bonds is 6. The number of hydrogen-bond donors (Lipinski definition) is 1. The molecule has 1 aromatic rings. The van der Waals surface area contributed by atoms with Crippen molar-refractivity contribution in [2.75, 3.05) is 20.3 Å². The summed E-state index contributed by atoms with van der Waals surface area (Å²) >= 11 is 0. The number of nitrogens with zero attached hydrogens (tertiary/aromatic N) is 1. The topological polar surface area (TPSA) is 71.3 Å². The van der Waals surface area contributed by atoms with Gasteiger partial charge < -0.3 is 14.8 Å². The van der Waals surface area contributed by atoms with Crippen molar-refractivity contribution in [1.29, 1.82) is 5.26 Å². The highest BCUT2D eigenvalue weighted by atomic mass is 16.5. The minimum Gasteiger partial charge on any atom is -0.484 e. The van der Waals surface area contributed by atoms with Crippen LogP contribution in [0.15, 0.2) is 24.3 Å². The molecule has 0 aromatic heterocycles. The summed E-state index contributed by atoms with van der Waals surface area (Å²) in [5.41, 5.74) is 0.556. The number of benzene rings is 1. The number of methoxy groups -OCH3 is 1. The summed E-state index contributed by atoms with van der Waals surface area (Å²) in [5, 5.41) is 11.3. The molecule has 1 N–H and O–H groups in total. The van der Waals surface area contributed by atoms with Crippen LogP contribution in [0.5, 0.6) is 5.75 Å². The smallest absolute Gasteiger partial charge is 0.258 e. The average Bonchev–Trinajstić information content (AvgIpc) is 2.42. The molecule has 0 aliphatic heterocycles. The van der Waals surface area contributed by atoms with E-state index in [4.69, 9.17) is 14.7 Å². The molecule has 5 nitrogen and oxygen atoms in total. The van der Waals surface area contributed by atoms with Gasteiger partial charge in [-0.1, -0.05) is 0 Å². The molecule has 1 aromatic carbocycles. The molecule has 0 saturated carbocycles. The fourth-order valence-corrected chi connectivity index (χ4v) is 1.17. The molecule has 0 radical (unpaired) electrons. The molecule has 5 heteroatoms. The van der Waals surface area contributed by atoms with Crippen molar-refractivity contribution in [3.8, 4) is 11.8 Å². The Kier molecular flexibility index (Phi) is 5.68. The Bertz CT molecular complexity index is 423. The number of nitrogens with one attached hydrogen (secondary N) is 1. The lowest BCUT2D eigenvalue weighted by Gasteiger charge is -2.11. The summed E-state index contributed by atoms with van der Waals surface area (Å²) in [5.74, 6) is 0.354. The number of carbonyl (C=O) groups is 1. The van der Waals surface area contributed by atoms with Crippen LogP contribution in [0.2, 0.25) is 0 Å². The molecule has 0 heterocycles. The summed E-state index contributed by atoms with van der Waals surface area (Å²) in [6.07, 6.45) is -0.0242. The molecule has 1 rings (SSSR count). The van der Waals surface area contributed by atoms with Crippen LogP contribution in [0.25, 0.3) is 0 Å². The van der Waals surface area contributed by atoms with Crippen molar-refractivity contribution >= 4 is 5.91 Å². The highest BCUT2D eigenvalue weighted by Gasteiger charge is 2.05. The summed E-state index contributed by atoms with van der Waals surface area (Å²) in [4.78, 5) is 11.4. The van der Waals surface area contributed by atoms with E-state index in [9.17, 15) is 4.79 Å². The molecular formula is C13H16N2O3. The number of amides is 1. The van der Waals surface area contributed by atoms with E-state index in [1.807, 2.05) is 13.0 Å². The molecule has 1 unspecified atom stereocenters. The fraction of sp³-hybridized carbons (Fsp3) is 0.385. The van der Waals surface area contributed by atoms with Crippen molar-refractivity contribution in [3.63, 3.8) is 0 Å². The number of carbonyl (C=O) groups excluding carboxylic acids is 1. The first-order valence-corrected chi connectivity index (χ1v) is 5.58. The third-order valence-corrected chi connectivity index (χ3v) is 2.34. The average molecular weight is 248 g/mol. The summed E-state index contributed by atoms with van der Waals surface area (Å²) < 4.78 is 10.3. The molecule has 1 amide bonds. The normalized spacial score (nSPS) is 11.4. The van der Waals surface area contributed by atoms with Crippen LogP contribution in [0.3, 0.4) is 0 Å². The zero-order valence-corrected chi connectivity index (χ0v) is 10.5. The predicted molar refractivity (Wildman–Crippen MR) is 66.1 cm³/mol. The van der Waals surface area contributed by atoms with Crippen molar-refractivity contribution in [3.05, 3.63) is 29.8 Å². The Morgan fingerprint density at radius 1 is 1.44 bits per heavy atom. The molecule has 1 atom stereocenters. The van der Waals surface area contributed by atoms with E-state index in [1.165, 1.54) is 0 Å². The number of nitriles is 1. The predicted octanol–water partition coefficient (Wildman–Crippen LogP) is 1.09. The molecule has 0 saturated heterocycles. The fourth-order valence-electron chi connectivity index (χ4n) is 1.17. The molecular weight excluding hydrogens is 232 g/mol. The first-order chi connectivity index (χ1) is 8.65. The molecule has 0 fully saturated rings. The van der Waals surface area contributed by atoms with Crippen LogP contribution < -0.4 is 10.1 Å². The van der Waals surface area contributed by atoms with Crippen LogP contribution in [0, 0.1) is 11.3 Å². The number of hydrogen-bond acceptors (Lipinski definition) is 4. The standard InChI is InChI=1S/C13H16N2O3/c1-10(17-2)8-15-13(16)9-18-12-5-3-11(7-14)4-6-12/h3-6,10H,8-9H2,1-2H3,(H,15,16). The van der Waals surface area contributed by atoms with Gasteiger partial charge in [-0.25, -0.2) is 0 Å². The van der Waals surface area contributed by atoms with Gasteiger partial charge in [-0.05, 0) is 31.2 Å². The minimum absolute atomic E-state index is 0.0242. The largest absolute Gasteiger partial charge is 0.484 e. The monoisotopic (exact) mass is 248 g/mol.